The monoisotopic (exact) mass is 393 g/mol. The van der Waals surface area contributed by atoms with Gasteiger partial charge < -0.3 is 19.1 Å². The second-order valence-electron chi connectivity index (χ2n) is 5.73. The van der Waals surface area contributed by atoms with E-state index >= 15 is 0 Å². The Morgan fingerprint density at radius 1 is 1.11 bits per heavy atom. The van der Waals surface area contributed by atoms with Crippen LogP contribution >= 0.6 is 11.6 Å². The molecule has 7 heteroatoms. The molecule has 0 atom stereocenters. The molecule has 27 heavy (non-hydrogen) atoms. The third-order valence-corrected chi connectivity index (χ3v) is 4.17. The standard InChI is InChI=1S/C20H21ClFNO4/c1-23(12-14-5-7-17(25-2)16(22)10-14)19(24)8-6-13-9-15(21)20(27-4)18(11-13)26-3/h5-11H,12H2,1-4H3/b8-6+. The Bertz CT molecular complexity index is 854. The third-order valence-electron chi connectivity index (χ3n) is 3.89. The molecule has 0 aliphatic heterocycles. The van der Waals surface area contributed by atoms with Gasteiger partial charge in [-0.15, -0.1) is 0 Å². The first-order chi connectivity index (χ1) is 12.9. The van der Waals surface area contributed by atoms with E-state index in [1.165, 1.54) is 44.4 Å². The molecule has 144 valence electrons. The summed E-state index contributed by atoms with van der Waals surface area (Å²) < 4.78 is 29.1. The maximum Gasteiger partial charge on any atom is 0.246 e. The highest BCUT2D eigenvalue weighted by atomic mass is 35.5. The predicted molar refractivity (Wildman–Crippen MR) is 103 cm³/mol. The number of carbonyl (C=O) groups excluding carboxylic acids is 1. The van der Waals surface area contributed by atoms with E-state index < -0.39 is 5.82 Å². The van der Waals surface area contributed by atoms with Gasteiger partial charge in [-0.05, 0) is 41.5 Å². The van der Waals surface area contributed by atoms with Crippen LogP contribution in [0, 0.1) is 5.82 Å². The van der Waals surface area contributed by atoms with Crippen molar-refractivity contribution in [2.24, 2.45) is 0 Å². The number of methoxy groups -OCH3 is 3. The van der Waals surface area contributed by atoms with E-state index in [-0.39, 0.29) is 18.2 Å². The van der Waals surface area contributed by atoms with Crippen LogP contribution in [-0.2, 0) is 11.3 Å². The van der Waals surface area contributed by atoms with Crippen LogP contribution in [0.15, 0.2) is 36.4 Å². The summed E-state index contributed by atoms with van der Waals surface area (Å²) in [6.45, 7) is 0.261. The Balaban J connectivity index is 2.09. The van der Waals surface area contributed by atoms with Crippen LogP contribution < -0.4 is 14.2 Å². The van der Waals surface area contributed by atoms with E-state index in [1.807, 2.05) is 0 Å². The second-order valence-corrected chi connectivity index (χ2v) is 6.14. The molecule has 0 unspecified atom stereocenters. The Morgan fingerprint density at radius 3 is 2.41 bits per heavy atom. The molecule has 2 aromatic rings. The average Bonchev–Trinajstić information content (AvgIpc) is 2.65. The summed E-state index contributed by atoms with van der Waals surface area (Å²) in [7, 11) is 6.05. The normalized spacial score (nSPS) is 10.7. The lowest BCUT2D eigenvalue weighted by atomic mass is 10.1. The lowest BCUT2D eigenvalue weighted by Gasteiger charge is -2.16. The molecule has 0 saturated heterocycles. The lowest BCUT2D eigenvalue weighted by Crippen LogP contribution is -2.24. The Morgan fingerprint density at radius 2 is 1.81 bits per heavy atom. The Kier molecular flexibility index (Phi) is 7.07. The fraction of sp³-hybridized carbons (Fsp3) is 0.250. The predicted octanol–water partition coefficient (Wildman–Crippen LogP) is 4.18. The summed E-state index contributed by atoms with van der Waals surface area (Å²) in [6, 6.07) is 7.98. The van der Waals surface area contributed by atoms with Crippen molar-refractivity contribution in [2.45, 2.75) is 6.54 Å². The van der Waals surface area contributed by atoms with Crippen molar-refractivity contribution in [1.29, 1.82) is 0 Å². The molecular formula is C20H21ClFNO4. The van der Waals surface area contributed by atoms with Crippen LogP contribution in [-0.4, -0.2) is 39.2 Å². The number of likely N-dealkylation sites (N-methyl/N-ethyl adjacent to an activating group) is 1. The topological polar surface area (TPSA) is 48.0 Å². The quantitative estimate of drug-likeness (QED) is 0.662. The van der Waals surface area contributed by atoms with Gasteiger partial charge in [-0.25, -0.2) is 4.39 Å². The van der Waals surface area contributed by atoms with Crippen molar-refractivity contribution in [2.75, 3.05) is 28.4 Å². The zero-order chi connectivity index (χ0) is 20.0. The minimum absolute atomic E-state index is 0.165. The molecule has 0 fully saturated rings. The summed E-state index contributed by atoms with van der Waals surface area (Å²) in [5.74, 6) is 0.363. The molecule has 0 bridgehead atoms. The highest BCUT2D eigenvalue weighted by molar-refractivity contribution is 6.32. The summed E-state index contributed by atoms with van der Waals surface area (Å²) in [5.41, 5.74) is 1.35. The van der Waals surface area contributed by atoms with E-state index in [0.717, 1.165) is 0 Å². The van der Waals surface area contributed by atoms with Crippen LogP contribution in [0.5, 0.6) is 17.2 Å². The van der Waals surface area contributed by atoms with Crippen molar-refractivity contribution in [3.05, 3.63) is 58.4 Å². The van der Waals surface area contributed by atoms with Crippen LogP contribution in [0.25, 0.3) is 6.08 Å². The number of rotatable bonds is 7. The smallest absolute Gasteiger partial charge is 0.246 e. The highest BCUT2D eigenvalue weighted by Gasteiger charge is 2.11. The van der Waals surface area contributed by atoms with Gasteiger partial charge >= 0.3 is 0 Å². The summed E-state index contributed by atoms with van der Waals surface area (Å²) in [6.07, 6.45) is 3.04. The van der Waals surface area contributed by atoms with Gasteiger partial charge in [0.2, 0.25) is 5.91 Å². The summed E-state index contributed by atoms with van der Waals surface area (Å²) >= 11 is 6.16. The fourth-order valence-electron chi connectivity index (χ4n) is 2.49. The minimum atomic E-state index is -0.466. The number of amides is 1. The summed E-state index contributed by atoms with van der Waals surface area (Å²) in [4.78, 5) is 13.8. The number of benzene rings is 2. The molecule has 0 aliphatic carbocycles. The van der Waals surface area contributed by atoms with Gasteiger partial charge in [-0.2, -0.15) is 0 Å². The van der Waals surface area contributed by atoms with Gasteiger partial charge in [0, 0.05) is 19.7 Å². The van der Waals surface area contributed by atoms with Gasteiger partial charge in [-0.3, -0.25) is 4.79 Å². The van der Waals surface area contributed by atoms with E-state index in [4.69, 9.17) is 25.8 Å². The molecule has 2 aromatic carbocycles. The number of carbonyl (C=O) groups is 1. The molecular weight excluding hydrogens is 373 g/mol. The largest absolute Gasteiger partial charge is 0.494 e. The molecule has 0 N–H and O–H groups in total. The van der Waals surface area contributed by atoms with Crippen molar-refractivity contribution >= 4 is 23.6 Å². The van der Waals surface area contributed by atoms with Crippen molar-refractivity contribution in [1.82, 2.24) is 4.90 Å². The van der Waals surface area contributed by atoms with Crippen LogP contribution in [0.2, 0.25) is 5.02 Å². The van der Waals surface area contributed by atoms with Crippen molar-refractivity contribution in [3.8, 4) is 17.2 Å². The Hall–Kier alpha value is -2.73. The fourth-order valence-corrected chi connectivity index (χ4v) is 2.79. The van der Waals surface area contributed by atoms with E-state index in [2.05, 4.69) is 0 Å². The van der Waals surface area contributed by atoms with Crippen LogP contribution in [0.1, 0.15) is 11.1 Å². The van der Waals surface area contributed by atoms with Crippen LogP contribution in [0.4, 0.5) is 4.39 Å². The molecule has 0 heterocycles. The molecule has 5 nitrogen and oxygen atoms in total. The average molecular weight is 394 g/mol. The SMILES string of the molecule is COc1ccc(CN(C)C(=O)/C=C/c2cc(Cl)c(OC)c(OC)c2)cc1F. The first-order valence-electron chi connectivity index (χ1n) is 8.06. The number of nitrogens with zero attached hydrogens (tertiary/aromatic N) is 1. The second kappa shape index (κ2) is 9.28. The lowest BCUT2D eigenvalue weighted by molar-refractivity contribution is -0.125. The Labute approximate surface area is 162 Å². The van der Waals surface area contributed by atoms with Gasteiger partial charge in [-0.1, -0.05) is 17.7 Å². The minimum Gasteiger partial charge on any atom is -0.494 e. The van der Waals surface area contributed by atoms with Gasteiger partial charge in [0.15, 0.2) is 23.1 Å². The first-order valence-corrected chi connectivity index (χ1v) is 8.44. The maximum atomic E-state index is 13.8. The number of ether oxygens (including phenoxy) is 3. The van der Waals surface area contributed by atoms with Crippen molar-refractivity contribution < 1.29 is 23.4 Å². The molecule has 0 aliphatic rings. The molecule has 2 rings (SSSR count). The molecule has 0 aromatic heterocycles. The number of halogens is 2. The van der Waals surface area contributed by atoms with E-state index in [1.54, 1.807) is 31.3 Å². The summed E-state index contributed by atoms with van der Waals surface area (Å²) in [5, 5.41) is 0.381. The molecule has 0 spiro atoms. The number of hydrogen-bond donors (Lipinski definition) is 0. The van der Waals surface area contributed by atoms with Gasteiger partial charge in [0.25, 0.3) is 0 Å². The maximum absolute atomic E-state index is 13.8. The zero-order valence-corrected chi connectivity index (χ0v) is 16.3. The molecule has 0 radical (unpaired) electrons. The highest BCUT2D eigenvalue weighted by Crippen LogP contribution is 2.36. The van der Waals surface area contributed by atoms with E-state index in [9.17, 15) is 9.18 Å². The van der Waals surface area contributed by atoms with Crippen LogP contribution in [0.3, 0.4) is 0 Å². The molecule has 0 saturated carbocycles. The molecule has 1 amide bonds. The van der Waals surface area contributed by atoms with Gasteiger partial charge in [0.1, 0.15) is 0 Å². The van der Waals surface area contributed by atoms with E-state index in [0.29, 0.717) is 27.6 Å². The first kappa shape index (κ1) is 20.6. The van der Waals surface area contributed by atoms with Crippen molar-refractivity contribution in [3.63, 3.8) is 0 Å². The third kappa shape index (κ3) is 5.14. The van der Waals surface area contributed by atoms with Gasteiger partial charge in [0.05, 0.1) is 26.4 Å². The zero-order valence-electron chi connectivity index (χ0n) is 15.6. The number of hydrogen-bond acceptors (Lipinski definition) is 4.